The second kappa shape index (κ2) is 8.77. The van der Waals surface area contributed by atoms with Crippen LogP contribution in [0.4, 0.5) is 10.2 Å². The van der Waals surface area contributed by atoms with Crippen molar-refractivity contribution in [1.82, 2.24) is 9.55 Å². The summed E-state index contributed by atoms with van der Waals surface area (Å²) in [6, 6.07) is 14.0. The summed E-state index contributed by atoms with van der Waals surface area (Å²) in [6.45, 7) is 3.89. The van der Waals surface area contributed by atoms with Crippen molar-refractivity contribution in [2.45, 2.75) is 26.3 Å². The van der Waals surface area contributed by atoms with Crippen molar-refractivity contribution in [1.29, 1.82) is 0 Å². The lowest BCUT2D eigenvalue weighted by Crippen LogP contribution is -2.71. The predicted octanol–water partition coefficient (Wildman–Crippen LogP) is 3.04. The monoisotopic (exact) mass is 383 g/mol. The molecule has 1 atom stereocenters. The smallest absolute Gasteiger partial charge is 0.313 e. The van der Waals surface area contributed by atoms with Gasteiger partial charge in [0.25, 0.3) is 0 Å². The Balaban J connectivity index is 1.63. The van der Waals surface area contributed by atoms with Crippen molar-refractivity contribution in [2.24, 2.45) is 0 Å². The van der Waals surface area contributed by atoms with Crippen molar-refractivity contribution in [3.05, 3.63) is 77.1 Å². The summed E-state index contributed by atoms with van der Waals surface area (Å²) >= 11 is 0. The van der Waals surface area contributed by atoms with E-state index in [4.69, 9.17) is 4.74 Å². The fraction of sp³-hybridized carbons (Fsp3) is 0.238. The Labute approximate surface area is 162 Å². The zero-order chi connectivity index (χ0) is 20.1. The Bertz CT molecular complexity index is 957. The maximum atomic E-state index is 14.5. The number of benzene rings is 2. The highest BCUT2D eigenvalue weighted by Crippen LogP contribution is 2.26. The van der Waals surface area contributed by atoms with Gasteiger partial charge in [-0.05, 0) is 31.0 Å². The molecule has 0 radical (unpaired) electrons. The van der Waals surface area contributed by atoms with E-state index >= 15 is 0 Å². The normalized spacial score (nSPS) is 12.0. The molecule has 3 rings (SSSR count). The van der Waals surface area contributed by atoms with E-state index in [1.165, 1.54) is 12.3 Å². The molecule has 2 N–H and O–H groups in total. The molecule has 7 heteroatoms. The van der Waals surface area contributed by atoms with Crippen LogP contribution < -0.4 is 5.48 Å². The average Bonchev–Trinajstić information content (AvgIpc) is 3.07. The number of quaternary nitrogens is 1. The minimum Gasteiger partial charge on any atom is -0.629 e. The minimum atomic E-state index is -0.603. The molecule has 2 aromatic carbocycles. The topological polar surface area (TPSA) is 83.8 Å². The van der Waals surface area contributed by atoms with E-state index < -0.39 is 11.9 Å². The summed E-state index contributed by atoms with van der Waals surface area (Å²) in [5.74, 6) is -0.330. The summed E-state index contributed by atoms with van der Waals surface area (Å²) in [5.41, 5.74) is 2.53. The number of carbonyl (C=O) groups excluding carboxylic acids is 1. The molecule has 6 nitrogen and oxygen atoms in total. The lowest BCUT2D eigenvalue weighted by atomic mass is 9.97. The fourth-order valence-electron chi connectivity index (χ4n) is 3.02. The van der Waals surface area contributed by atoms with E-state index in [0.717, 1.165) is 5.56 Å². The molecule has 1 aromatic heterocycles. The quantitative estimate of drug-likeness (QED) is 0.502. The molecule has 0 amide bonds. The molecular weight excluding hydrogens is 361 g/mol. The summed E-state index contributed by atoms with van der Waals surface area (Å²) in [7, 11) is 0. The highest BCUT2D eigenvalue weighted by Gasteiger charge is 2.19. The largest absolute Gasteiger partial charge is 0.629 e. The summed E-state index contributed by atoms with van der Waals surface area (Å²) in [5, 5.41) is 11.0. The van der Waals surface area contributed by atoms with Crippen LogP contribution in [0.3, 0.4) is 0 Å². The summed E-state index contributed by atoms with van der Waals surface area (Å²) < 4.78 is 21.5. The fourth-order valence-corrected chi connectivity index (χ4v) is 3.02. The number of aryl methyl sites for hydroxylation is 1. The number of halogens is 1. The average molecular weight is 383 g/mol. The third kappa shape index (κ3) is 4.27. The molecule has 0 saturated heterocycles. The summed E-state index contributed by atoms with van der Waals surface area (Å²) in [6.07, 6.45) is 1.48. The van der Waals surface area contributed by atoms with Gasteiger partial charge in [-0.3, -0.25) is 9.36 Å². The predicted molar refractivity (Wildman–Crippen MR) is 103 cm³/mol. The van der Waals surface area contributed by atoms with Crippen LogP contribution in [-0.2, 0) is 16.1 Å². The number of ether oxygens (including phenoxy) is 1. The first kappa shape index (κ1) is 19.7. The number of rotatable bonds is 7. The third-order valence-electron chi connectivity index (χ3n) is 4.70. The maximum Gasteiger partial charge on any atom is 0.313 e. The Morgan fingerprint density at radius 1 is 1.29 bits per heavy atom. The van der Waals surface area contributed by atoms with Crippen LogP contribution in [0.25, 0.3) is 11.1 Å². The van der Waals surface area contributed by atoms with E-state index in [0.29, 0.717) is 34.8 Å². The van der Waals surface area contributed by atoms with Gasteiger partial charge in [0.15, 0.2) is 0 Å². The molecule has 0 fully saturated rings. The molecule has 0 aliphatic rings. The maximum absolute atomic E-state index is 14.5. The molecule has 1 unspecified atom stereocenters. The molecule has 1 heterocycles. The van der Waals surface area contributed by atoms with Crippen LogP contribution in [0.1, 0.15) is 24.2 Å². The van der Waals surface area contributed by atoms with Crippen molar-refractivity contribution in [3.8, 4) is 11.1 Å². The van der Waals surface area contributed by atoms with Gasteiger partial charge in [0, 0.05) is 5.56 Å². The number of hydrogen-bond donors (Lipinski definition) is 1. The zero-order valence-electron chi connectivity index (χ0n) is 15.8. The second-order valence-electron chi connectivity index (χ2n) is 6.49. The van der Waals surface area contributed by atoms with Crippen LogP contribution in [0.15, 0.2) is 54.7 Å². The number of carbonyl (C=O) groups is 1. The first-order valence-corrected chi connectivity index (χ1v) is 9.00. The molecule has 0 saturated carbocycles. The number of imidazole rings is 1. The van der Waals surface area contributed by atoms with E-state index in [1.807, 2.05) is 30.3 Å². The van der Waals surface area contributed by atoms with E-state index in [1.54, 1.807) is 30.5 Å². The molecule has 28 heavy (non-hydrogen) atoms. The number of nitrogens with two attached hydrogens (primary N) is 1. The van der Waals surface area contributed by atoms with Crippen LogP contribution in [0, 0.1) is 17.9 Å². The van der Waals surface area contributed by atoms with Gasteiger partial charge in [-0.1, -0.05) is 42.5 Å². The molecular formula is C21H22FN3O3. The second-order valence-corrected chi connectivity index (χ2v) is 6.49. The van der Waals surface area contributed by atoms with E-state index in [2.05, 4.69) is 4.98 Å². The van der Waals surface area contributed by atoms with Gasteiger partial charge >= 0.3 is 5.97 Å². The van der Waals surface area contributed by atoms with Gasteiger partial charge in [0.1, 0.15) is 24.4 Å². The number of hydrogen-bond acceptors (Lipinski definition) is 4. The molecule has 0 spiro atoms. The minimum absolute atomic E-state index is 0.103. The lowest BCUT2D eigenvalue weighted by molar-refractivity contribution is -0.503. The Kier molecular flexibility index (Phi) is 6.18. The van der Waals surface area contributed by atoms with Crippen molar-refractivity contribution in [3.63, 3.8) is 0 Å². The number of esters is 1. The highest BCUT2D eigenvalue weighted by atomic mass is 19.1. The molecule has 0 aliphatic heterocycles. The van der Waals surface area contributed by atoms with Crippen LogP contribution in [-0.4, -0.2) is 22.1 Å². The van der Waals surface area contributed by atoms with Crippen molar-refractivity contribution >= 4 is 11.8 Å². The lowest BCUT2D eigenvalue weighted by Gasteiger charge is -2.14. The van der Waals surface area contributed by atoms with Crippen LogP contribution in [0.2, 0.25) is 0 Å². The Morgan fingerprint density at radius 2 is 2.04 bits per heavy atom. The molecule has 146 valence electrons. The van der Waals surface area contributed by atoms with Crippen molar-refractivity contribution < 1.29 is 19.4 Å². The third-order valence-corrected chi connectivity index (χ3v) is 4.70. The van der Waals surface area contributed by atoms with Crippen LogP contribution in [0.5, 0.6) is 0 Å². The van der Waals surface area contributed by atoms with Gasteiger partial charge in [0.05, 0.1) is 12.5 Å². The molecule has 3 aromatic rings. The summed E-state index contributed by atoms with van der Waals surface area (Å²) in [4.78, 5) is 16.4. The van der Waals surface area contributed by atoms with Crippen molar-refractivity contribution in [2.75, 3.05) is 6.61 Å². The number of aromatic nitrogens is 2. The van der Waals surface area contributed by atoms with Crippen LogP contribution >= 0.6 is 0 Å². The molecule has 0 bridgehead atoms. The van der Waals surface area contributed by atoms with Gasteiger partial charge in [-0.15, -0.1) is 0 Å². The first-order chi connectivity index (χ1) is 13.5. The van der Waals surface area contributed by atoms with Gasteiger partial charge < -0.3 is 15.4 Å². The Hall–Kier alpha value is -3.03. The van der Waals surface area contributed by atoms with Gasteiger partial charge in [-0.25, -0.2) is 9.37 Å². The number of nitrogens with zero attached hydrogens (tertiary/aromatic N) is 2. The zero-order valence-corrected chi connectivity index (χ0v) is 15.8. The first-order valence-electron chi connectivity index (χ1n) is 9.00. The van der Waals surface area contributed by atoms with Gasteiger partial charge in [0.2, 0.25) is 5.82 Å². The van der Waals surface area contributed by atoms with E-state index in [9.17, 15) is 14.4 Å². The highest BCUT2D eigenvalue weighted by molar-refractivity contribution is 5.78. The SMILES string of the molecule is Cc1ncc([NH2+][O-])n1CCOC(=O)C(C)c1ccc(-c2ccccc2)c(F)c1. The molecule has 0 aliphatic carbocycles. The van der Waals surface area contributed by atoms with E-state index in [-0.39, 0.29) is 12.4 Å². The standard InChI is InChI=1S/C21H22FN3O3/c1-14(21(26)28-11-10-25-15(2)23-13-20(25)24-27)17-8-9-18(19(22)12-17)16-6-4-3-5-7-16/h3-9,12-14H,10-11,24H2,1-2H3. The van der Waals surface area contributed by atoms with Gasteiger partial charge in [-0.2, -0.15) is 0 Å². The Morgan fingerprint density at radius 3 is 2.71 bits per heavy atom.